The number of rotatable bonds is 1. The minimum atomic E-state index is 0.336. The van der Waals surface area contributed by atoms with Crippen molar-refractivity contribution >= 4 is 0 Å². The summed E-state index contributed by atoms with van der Waals surface area (Å²) in [6.45, 7) is 4.23. The number of fused-ring (bicyclic) bond motifs is 2. The zero-order chi connectivity index (χ0) is 7.68. The highest BCUT2D eigenvalue weighted by molar-refractivity contribution is 4.84. The highest BCUT2D eigenvalue weighted by Crippen LogP contribution is 2.19. The molecule has 2 rings (SSSR count). The summed E-state index contributed by atoms with van der Waals surface area (Å²) in [7, 11) is 1.78. The average molecular weight is 157 g/mol. The van der Waals surface area contributed by atoms with E-state index in [9.17, 15) is 0 Å². The SMILES string of the molecule is CO[C@@H]1CCN2CCOC1C2. The van der Waals surface area contributed by atoms with E-state index in [4.69, 9.17) is 9.47 Å². The largest absolute Gasteiger partial charge is 0.379 e. The molecule has 2 heterocycles. The van der Waals surface area contributed by atoms with Gasteiger partial charge in [-0.25, -0.2) is 0 Å². The standard InChI is InChI=1S/C8H15NO2/c1-10-7-2-3-9-4-5-11-8(7)6-9/h7-8H,2-6H2,1H3/t7-,8?/m1/s1. The summed E-state index contributed by atoms with van der Waals surface area (Å²) >= 11 is 0. The minimum Gasteiger partial charge on any atom is -0.379 e. The molecule has 0 aromatic carbocycles. The first-order chi connectivity index (χ1) is 5.40. The van der Waals surface area contributed by atoms with Crippen LogP contribution in [0.2, 0.25) is 0 Å². The van der Waals surface area contributed by atoms with E-state index in [2.05, 4.69) is 4.90 Å². The molecule has 0 amide bonds. The quantitative estimate of drug-likeness (QED) is 0.539. The molecule has 3 heteroatoms. The van der Waals surface area contributed by atoms with E-state index in [1.54, 1.807) is 7.11 Å². The van der Waals surface area contributed by atoms with E-state index in [0.29, 0.717) is 12.2 Å². The fourth-order valence-electron chi connectivity index (χ4n) is 1.92. The van der Waals surface area contributed by atoms with Gasteiger partial charge >= 0.3 is 0 Å². The maximum atomic E-state index is 5.59. The first kappa shape index (κ1) is 7.53. The van der Waals surface area contributed by atoms with E-state index in [-0.39, 0.29) is 0 Å². The molecule has 11 heavy (non-hydrogen) atoms. The van der Waals surface area contributed by atoms with E-state index >= 15 is 0 Å². The van der Waals surface area contributed by atoms with Gasteiger partial charge in [-0.1, -0.05) is 0 Å². The van der Waals surface area contributed by atoms with Crippen LogP contribution in [-0.4, -0.2) is 50.5 Å². The molecule has 3 nitrogen and oxygen atoms in total. The second-order valence-electron chi connectivity index (χ2n) is 3.27. The van der Waals surface area contributed by atoms with Gasteiger partial charge in [0.25, 0.3) is 0 Å². The first-order valence-corrected chi connectivity index (χ1v) is 4.27. The number of ether oxygens (including phenoxy) is 2. The summed E-state index contributed by atoms with van der Waals surface area (Å²) < 4.78 is 10.9. The predicted molar refractivity (Wildman–Crippen MR) is 41.6 cm³/mol. The lowest BCUT2D eigenvalue weighted by molar-refractivity contribution is -0.129. The summed E-state index contributed by atoms with van der Waals surface area (Å²) in [5.41, 5.74) is 0. The smallest absolute Gasteiger partial charge is 0.0964 e. The Labute approximate surface area is 67.3 Å². The zero-order valence-electron chi connectivity index (χ0n) is 6.95. The first-order valence-electron chi connectivity index (χ1n) is 4.27. The van der Waals surface area contributed by atoms with Crippen LogP contribution in [0.3, 0.4) is 0 Å². The van der Waals surface area contributed by atoms with Crippen LogP contribution >= 0.6 is 0 Å². The lowest BCUT2D eigenvalue weighted by Crippen LogP contribution is -2.53. The van der Waals surface area contributed by atoms with Crippen molar-refractivity contribution in [3.8, 4) is 0 Å². The van der Waals surface area contributed by atoms with Gasteiger partial charge in [0.05, 0.1) is 18.8 Å². The molecule has 2 aliphatic rings. The van der Waals surface area contributed by atoms with Gasteiger partial charge in [0.15, 0.2) is 0 Å². The molecular formula is C8H15NO2. The van der Waals surface area contributed by atoms with Gasteiger partial charge in [-0.05, 0) is 6.42 Å². The molecule has 0 radical (unpaired) electrons. The molecular weight excluding hydrogens is 142 g/mol. The van der Waals surface area contributed by atoms with Gasteiger partial charge in [0, 0.05) is 26.7 Å². The van der Waals surface area contributed by atoms with E-state index in [1.807, 2.05) is 0 Å². The molecule has 0 aromatic rings. The highest BCUT2D eigenvalue weighted by Gasteiger charge is 2.32. The number of morpholine rings is 1. The fraction of sp³-hybridized carbons (Fsp3) is 1.00. The molecule has 0 N–H and O–H groups in total. The third kappa shape index (κ3) is 1.41. The number of piperidine rings is 1. The molecule has 0 aliphatic carbocycles. The van der Waals surface area contributed by atoms with Crippen LogP contribution in [0.15, 0.2) is 0 Å². The number of hydrogen-bond acceptors (Lipinski definition) is 3. The predicted octanol–water partition coefficient (Wildman–Crippen LogP) is 0.106. The van der Waals surface area contributed by atoms with Crippen LogP contribution < -0.4 is 0 Å². The van der Waals surface area contributed by atoms with Crippen molar-refractivity contribution in [2.75, 3.05) is 33.4 Å². The minimum absolute atomic E-state index is 0.336. The third-order valence-electron chi connectivity index (χ3n) is 2.62. The van der Waals surface area contributed by atoms with Crippen LogP contribution in [0, 0.1) is 0 Å². The molecule has 3 atom stereocenters. The van der Waals surface area contributed by atoms with Crippen LogP contribution in [0.1, 0.15) is 6.42 Å². The molecule has 0 aromatic heterocycles. The third-order valence-corrected chi connectivity index (χ3v) is 2.62. The van der Waals surface area contributed by atoms with Gasteiger partial charge in [-0.15, -0.1) is 0 Å². The Morgan fingerprint density at radius 2 is 2.36 bits per heavy atom. The van der Waals surface area contributed by atoms with Gasteiger partial charge in [0.1, 0.15) is 0 Å². The molecule has 0 saturated carbocycles. The summed E-state index contributed by atoms with van der Waals surface area (Å²) in [5, 5.41) is 0. The molecule has 64 valence electrons. The Bertz CT molecular complexity index is 140. The normalized spacial score (nSPS) is 43.9. The lowest BCUT2D eigenvalue weighted by atomic mass is 10.0. The highest BCUT2D eigenvalue weighted by atomic mass is 16.5. The second-order valence-corrected chi connectivity index (χ2v) is 3.27. The Balaban J connectivity index is 1.97. The maximum Gasteiger partial charge on any atom is 0.0964 e. The van der Waals surface area contributed by atoms with Crippen molar-refractivity contribution < 1.29 is 9.47 Å². The second kappa shape index (κ2) is 3.09. The fourth-order valence-corrected chi connectivity index (χ4v) is 1.92. The average Bonchev–Trinajstić information content (AvgIpc) is 2.06. The van der Waals surface area contributed by atoms with Crippen molar-refractivity contribution in [1.82, 2.24) is 4.90 Å². The maximum absolute atomic E-state index is 5.59. The van der Waals surface area contributed by atoms with E-state index in [0.717, 1.165) is 26.1 Å². The summed E-state index contributed by atoms with van der Waals surface area (Å²) in [5.74, 6) is 0. The van der Waals surface area contributed by atoms with Crippen LogP contribution in [0.25, 0.3) is 0 Å². The summed E-state index contributed by atoms with van der Waals surface area (Å²) in [6.07, 6.45) is 1.80. The lowest BCUT2D eigenvalue weighted by Gasteiger charge is -2.41. The van der Waals surface area contributed by atoms with Gasteiger partial charge in [-0.3, -0.25) is 4.90 Å². The Morgan fingerprint density at radius 1 is 1.45 bits per heavy atom. The van der Waals surface area contributed by atoms with Crippen molar-refractivity contribution in [3.05, 3.63) is 0 Å². The monoisotopic (exact) mass is 157 g/mol. The number of hydrogen-bond donors (Lipinski definition) is 0. The van der Waals surface area contributed by atoms with Crippen molar-refractivity contribution in [2.24, 2.45) is 0 Å². The zero-order valence-corrected chi connectivity index (χ0v) is 6.95. The molecule has 2 saturated heterocycles. The molecule has 2 fully saturated rings. The Hall–Kier alpha value is -0.120. The van der Waals surface area contributed by atoms with Crippen molar-refractivity contribution in [2.45, 2.75) is 18.6 Å². The molecule has 0 spiro atoms. The van der Waals surface area contributed by atoms with Gasteiger partial charge in [0.2, 0.25) is 0 Å². The van der Waals surface area contributed by atoms with Crippen LogP contribution in [0.4, 0.5) is 0 Å². The summed E-state index contributed by atoms with van der Waals surface area (Å²) in [6, 6.07) is 0. The van der Waals surface area contributed by atoms with Crippen LogP contribution in [0.5, 0.6) is 0 Å². The number of nitrogens with zero attached hydrogens (tertiary/aromatic N) is 1. The molecule has 2 unspecified atom stereocenters. The Morgan fingerprint density at radius 3 is 3.18 bits per heavy atom. The van der Waals surface area contributed by atoms with Crippen molar-refractivity contribution in [3.63, 3.8) is 0 Å². The molecule has 2 aliphatic heterocycles. The topological polar surface area (TPSA) is 21.7 Å². The summed E-state index contributed by atoms with van der Waals surface area (Å²) in [4.78, 5) is 2.45. The molecule has 2 bridgehead atoms. The van der Waals surface area contributed by atoms with Gasteiger partial charge < -0.3 is 9.47 Å². The van der Waals surface area contributed by atoms with E-state index < -0.39 is 0 Å². The Kier molecular flexibility index (Phi) is 2.11. The van der Waals surface area contributed by atoms with E-state index in [1.165, 1.54) is 6.54 Å². The van der Waals surface area contributed by atoms with Crippen LogP contribution in [-0.2, 0) is 9.47 Å². The van der Waals surface area contributed by atoms with Gasteiger partial charge in [-0.2, -0.15) is 0 Å². The van der Waals surface area contributed by atoms with Crippen molar-refractivity contribution in [1.29, 1.82) is 0 Å². The number of methoxy groups -OCH3 is 1.